The molecule has 0 aliphatic carbocycles. The maximum Gasteiger partial charge on any atom is 0.265 e. The SMILES string of the molecule is COc1ccc(Cl)cc1C(=O)Nc1nc(C)c(C(=O)N(C)C)s1. The van der Waals surface area contributed by atoms with Crippen molar-refractivity contribution in [3.63, 3.8) is 0 Å². The summed E-state index contributed by atoms with van der Waals surface area (Å²) < 4.78 is 5.16. The Morgan fingerprint density at radius 2 is 2.04 bits per heavy atom. The number of ether oxygens (including phenoxy) is 1. The van der Waals surface area contributed by atoms with E-state index in [9.17, 15) is 9.59 Å². The number of amides is 2. The maximum atomic E-state index is 12.4. The zero-order valence-corrected chi connectivity index (χ0v) is 14.7. The molecule has 6 nitrogen and oxygen atoms in total. The van der Waals surface area contributed by atoms with Crippen LogP contribution in [0.2, 0.25) is 5.02 Å². The molecule has 23 heavy (non-hydrogen) atoms. The summed E-state index contributed by atoms with van der Waals surface area (Å²) in [5, 5.41) is 3.45. The van der Waals surface area contributed by atoms with E-state index >= 15 is 0 Å². The van der Waals surface area contributed by atoms with Crippen molar-refractivity contribution in [3.8, 4) is 5.75 Å². The minimum atomic E-state index is -0.401. The van der Waals surface area contributed by atoms with Gasteiger partial charge in [-0.05, 0) is 25.1 Å². The van der Waals surface area contributed by atoms with Crippen molar-refractivity contribution in [2.75, 3.05) is 26.5 Å². The summed E-state index contributed by atoms with van der Waals surface area (Å²) in [5.41, 5.74) is 0.871. The van der Waals surface area contributed by atoms with Crippen molar-refractivity contribution in [3.05, 3.63) is 39.4 Å². The molecule has 0 aliphatic heterocycles. The molecule has 1 heterocycles. The quantitative estimate of drug-likeness (QED) is 0.916. The van der Waals surface area contributed by atoms with Gasteiger partial charge in [0.1, 0.15) is 10.6 Å². The lowest BCUT2D eigenvalue weighted by molar-refractivity contribution is 0.0831. The number of hydrogen-bond donors (Lipinski definition) is 1. The monoisotopic (exact) mass is 353 g/mol. The number of carbonyl (C=O) groups excluding carboxylic acids is 2. The summed E-state index contributed by atoms with van der Waals surface area (Å²) in [6.07, 6.45) is 0. The summed E-state index contributed by atoms with van der Waals surface area (Å²) in [6, 6.07) is 4.77. The fourth-order valence-electron chi connectivity index (χ4n) is 1.87. The Kier molecular flexibility index (Phi) is 5.23. The Bertz CT molecular complexity index is 758. The van der Waals surface area contributed by atoms with Gasteiger partial charge in [-0.15, -0.1) is 0 Å². The molecule has 1 N–H and O–H groups in total. The molecule has 1 aromatic carbocycles. The molecule has 0 bridgehead atoms. The molecule has 122 valence electrons. The first kappa shape index (κ1) is 17.2. The number of rotatable bonds is 4. The van der Waals surface area contributed by atoms with E-state index in [1.807, 2.05) is 0 Å². The molecule has 2 rings (SSSR count). The topological polar surface area (TPSA) is 71.5 Å². The lowest BCUT2D eigenvalue weighted by Crippen LogP contribution is -2.21. The minimum absolute atomic E-state index is 0.152. The van der Waals surface area contributed by atoms with Crippen LogP contribution in [0.3, 0.4) is 0 Å². The van der Waals surface area contributed by atoms with Gasteiger partial charge in [0, 0.05) is 19.1 Å². The molecule has 0 atom stereocenters. The van der Waals surface area contributed by atoms with E-state index in [1.165, 1.54) is 18.1 Å². The first-order valence-electron chi connectivity index (χ1n) is 6.67. The maximum absolute atomic E-state index is 12.4. The zero-order chi connectivity index (χ0) is 17.1. The average Bonchev–Trinajstić information content (AvgIpc) is 2.86. The number of nitrogens with one attached hydrogen (secondary N) is 1. The van der Waals surface area contributed by atoms with Crippen LogP contribution in [0.25, 0.3) is 0 Å². The van der Waals surface area contributed by atoms with Gasteiger partial charge in [0.25, 0.3) is 11.8 Å². The van der Waals surface area contributed by atoms with E-state index < -0.39 is 5.91 Å². The van der Waals surface area contributed by atoms with Crippen LogP contribution < -0.4 is 10.1 Å². The highest BCUT2D eigenvalue weighted by Crippen LogP contribution is 2.27. The second kappa shape index (κ2) is 6.97. The fraction of sp³-hybridized carbons (Fsp3) is 0.267. The first-order valence-corrected chi connectivity index (χ1v) is 7.87. The van der Waals surface area contributed by atoms with Gasteiger partial charge < -0.3 is 9.64 Å². The van der Waals surface area contributed by atoms with Crippen molar-refractivity contribution < 1.29 is 14.3 Å². The largest absolute Gasteiger partial charge is 0.496 e. The lowest BCUT2D eigenvalue weighted by Gasteiger charge is -2.08. The van der Waals surface area contributed by atoms with Gasteiger partial charge in [0.15, 0.2) is 5.13 Å². The second-order valence-corrected chi connectivity index (χ2v) is 6.37. The standard InChI is InChI=1S/C15H16ClN3O3S/c1-8-12(14(21)19(2)3)23-15(17-8)18-13(20)10-7-9(16)5-6-11(10)22-4/h5-7H,1-4H3,(H,17,18,20). The van der Waals surface area contributed by atoms with Crippen LogP contribution in [-0.4, -0.2) is 42.9 Å². The van der Waals surface area contributed by atoms with Crippen molar-refractivity contribution >= 4 is 39.9 Å². The van der Waals surface area contributed by atoms with Gasteiger partial charge in [0.2, 0.25) is 0 Å². The number of nitrogens with zero attached hydrogens (tertiary/aromatic N) is 2. The van der Waals surface area contributed by atoms with Crippen molar-refractivity contribution in [1.82, 2.24) is 9.88 Å². The number of anilines is 1. The molecule has 8 heteroatoms. The van der Waals surface area contributed by atoms with Crippen molar-refractivity contribution in [2.24, 2.45) is 0 Å². The van der Waals surface area contributed by atoms with E-state index in [2.05, 4.69) is 10.3 Å². The summed E-state index contributed by atoms with van der Waals surface area (Å²) in [7, 11) is 4.80. The van der Waals surface area contributed by atoms with Gasteiger partial charge in [0.05, 0.1) is 18.4 Å². The molecule has 0 spiro atoms. The molecule has 0 aliphatic rings. The third-order valence-electron chi connectivity index (χ3n) is 3.02. The van der Waals surface area contributed by atoms with E-state index in [-0.39, 0.29) is 5.91 Å². The molecule has 0 unspecified atom stereocenters. The van der Waals surface area contributed by atoms with Gasteiger partial charge in [-0.3, -0.25) is 14.9 Å². The average molecular weight is 354 g/mol. The Balaban J connectivity index is 2.26. The summed E-state index contributed by atoms with van der Waals surface area (Å²) >= 11 is 7.06. The number of aryl methyl sites for hydroxylation is 1. The van der Waals surface area contributed by atoms with Crippen LogP contribution in [0.15, 0.2) is 18.2 Å². The Hall–Kier alpha value is -2.12. The third-order valence-corrected chi connectivity index (χ3v) is 4.32. The number of methoxy groups -OCH3 is 1. The van der Waals surface area contributed by atoms with Crippen molar-refractivity contribution in [1.29, 1.82) is 0 Å². The number of benzene rings is 1. The van der Waals surface area contributed by atoms with Gasteiger partial charge in [-0.2, -0.15) is 0 Å². The smallest absolute Gasteiger partial charge is 0.265 e. The fourth-order valence-corrected chi connectivity index (χ4v) is 3.03. The summed E-state index contributed by atoms with van der Waals surface area (Å²) in [6.45, 7) is 1.73. The summed E-state index contributed by atoms with van der Waals surface area (Å²) in [5.74, 6) is -0.146. The summed E-state index contributed by atoms with van der Waals surface area (Å²) in [4.78, 5) is 30.6. The molecular formula is C15H16ClN3O3S. The zero-order valence-electron chi connectivity index (χ0n) is 13.1. The number of halogens is 1. The minimum Gasteiger partial charge on any atom is -0.496 e. The highest BCUT2D eigenvalue weighted by molar-refractivity contribution is 7.17. The van der Waals surface area contributed by atoms with E-state index in [0.717, 1.165) is 11.3 Å². The molecule has 0 saturated heterocycles. The van der Waals surface area contributed by atoms with Crippen LogP contribution >= 0.6 is 22.9 Å². The van der Waals surface area contributed by atoms with Crippen LogP contribution in [-0.2, 0) is 0 Å². The predicted molar refractivity (Wildman–Crippen MR) is 90.8 cm³/mol. The highest BCUT2D eigenvalue weighted by atomic mass is 35.5. The van der Waals surface area contributed by atoms with Crippen LogP contribution in [0.5, 0.6) is 5.75 Å². The molecule has 2 aromatic rings. The van der Waals surface area contributed by atoms with Crippen LogP contribution in [0, 0.1) is 6.92 Å². The second-order valence-electron chi connectivity index (χ2n) is 4.93. The Labute approximate surface area is 143 Å². The third kappa shape index (κ3) is 3.80. The molecule has 0 saturated carbocycles. The molecular weight excluding hydrogens is 338 g/mol. The first-order chi connectivity index (χ1) is 10.8. The molecule has 0 radical (unpaired) electrons. The molecule has 2 amide bonds. The van der Waals surface area contributed by atoms with Crippen molar-refractivity contribution in [2.45, 2.75) is 6.92 Å². The number of hydrogen-bond acceptors (Lipinski definition) is 5. The molecule has 0 fully saturated rings. The normalized spacial score (nSPS) is 10.3. The number of aromatic nitrogens is 1. The van der Waals surface area contributed by atoms with Gasteiger partial charge >= 0.3 is 0 Å². The number of thiazole rings is 1. The van der Waals surface area contributed by atoms with Gasteiger partial charge in [-0.25, -0.2) is 4.98 Å². The van der Waals surface area contributed by atoms with Gasteiger partial charge in [-0.1, -0.05) is 22.9 Å². The van der Waals surface area contributed by atoms with E-state index in [1.54, 1.807) is 33.2 Å². The van der Waals surface area contributed by atoms with Crippen LogP contribution in [0.1, 0.15) is 25.7 Å². The Morgan fingerprint density at radius 1 is 1.35 bits per heavy atom. The lowest BCUT2D eigenvalue weighted by atomic mass is 10.2. The molecule has 1 aromatic heterocycles. The Morgan fingerprint density at radius 3 is 2.65 bits per heavy atom. The number of carbonyl (C=O) groups is 2. The highest BCUT2D eigenvalue weighted by Gasteiger charge is 2.19. The predicted octanol–water partition coefficient (Wildman–Crippen LogP) is 3.07. The van der Waals surface area contributed by atoms with E-state index in [4.69, 9.17) is 16.3 Å². The van der Waals surface area contributed by atoms with E-state index in [0.29, 0.717) is 32.0 Å². The van der Waals surface area contributed by atoms with Crippen LogP contribution in [0.4, 0.5) is 5.13 Å².